The number of azo groups is 3. The molecular formula is C35H26N8O8S2. The maximum atomic E-state index is 12.6. The van der Waals surface area contributed by atoms with Crippen LogP contribution < -0.4 is 11.1 Å². The van der Waals surface area contributed by atoms with Crippen molar-refractivity contribution < 1.29 is 35.5 Å². The molecule has 0 spiro atoms. The van der Waals surface area contributed by atoms with Crippen LogP contribution in [0.4, 0.5) is 45.5 Å². The van der Waals surface area contributed by atoms with E-state index in [-0.39, 0.29) is 10.8 Å². The maximum absolute atomic E-state index is 12.6. The number of rotatable bonds is 9. The molecule has 0 aliphatic carbocycles. The van der Waals surface area contributed by atoms with Crippen LogP contribution in [0.1, 0.15) is 10.4 Å². The SMILES string of the molecule is Nc1ccc(C(=O)Nc2ccc3c(O)c(N=Nc4ccc(N=Nc5ccc(N=Nc6ccccc6)cc5)cc4)c(S(=O)(=O)O)cc3c2)cc1.O=S(=O)=O. The number of carbonyl (C=O) groups excluding carboxylic acids is 1. The highest BCUT2D eigenvalue weighted by molar-refractivity contribution is 7.86. The molecule has 0 aromatic heterocycles. The molecule has 53 heavy (non-hydrogen) atoms. The van der Waals surface area contributed by atoms with Crippen molar-refractivity contribution in [2.75, 3.05) is 11.1 Å². The number of fused-ring (bicyclic) bond motifs is 1. The van der Waals surface area contributed by atoms with Crippen LogP contribution in [0.15, 0.2) is 163 Å². The summed E-state index contributed by atoms with van der Waals surface area (Å²) in [5.74, 6) is -0.948. The summed E-state index contributed by atoms with van der Waals surface area (Å²) in [7, 11) is -7.96. The first-order valence-electron chi connectivity index (χ1n) is 15.1. The molecule has 0 heterocycles. The van der Waals surface area contributed by atoms with E-state index in [0.29, 0.717) is 39.7 Å². The molecule has 0 radical (unpaired) electrons. The van der Waals surface area contributed by atoms with Crippen molar-refractivity contribution in [2.45, 2.75) is 4.90 Å². The molecule has 6 rings (SSSR count). The molecule has 1 amide bonds. The van der Waals surface area contributed by atoms with Crippen molar-refractivity contribution >= 4 is 82.9 Å². The predicted octanol–water partition coefficient (Wildman–Crippen LogP) is 8.87. The number of hydrogen-bond donors (Lipinski definition) is 4. The third kappa shape index (κ3) is 10.5. The lowest BCUT2D eigenvalue weighted by atomic mass is 10.1. The third-order valence-electron chi connectivity index (χ3n) is 7.04. The van der Waals surface area contributed by atoms with Gasteiger partial charge in [0, 0.05) is 22.3 Å². The number of benzene rings is 6. The molecule has 0 fully saturated rings. The molecule has 0 atom stereocenters. The number of carbonyl (C=O) groups is 1. The summed E-state index contributed by atoms with van der Waals surface area (Å²) in [6.45, 7) is 0. The van der Waals surface area contributed by atoms with Gasteiger partial charge in [0.15, 0.2) is 5.75 Å². The number of nitrogens with two attached hydrogens (primary N) is 1. The normalized spacial score (nSPS) is 11.5. The first-order chi connectivity index (χ1) is 25.4. The lowest BCUT2D eigenvalue weighted by Crippen LogP contribution is -2.11. The van der Waals surface area contributed by atoms with Gasteiger partial charge in [0.25, 0.3) is 16.0 Å². The highest BCUT2D eigenvalue weighted by Gasteiger charge is 2.22. The molecule has 0 aliphatic rings. The van der Waals surface area contributed by atoms with Crippen LogP contribution in [0.25, 0.3) is 10.8 Å². The number of phenolic OH excluding ortho intramolecular Hbond substituents is 1. The lowest BCUT2D eigenvalue weighted by molar-refractivity contribution is 0.102. The van der Waals surface area contributed by atoms with Gasteiger partial charge in [-0.15, -0.1) is 17.7 Å². The van der Waals surface area contributed by atoms with E-state index in [9.17, 15) is 22.9 Å². The van der Waals surface area contributed by atoms with Crippen molar-refractivity contribution in [1.82, 2.24) is 0 Å². The van der Waals surface area contributed by atoms with Gasteiger partial charge in [-0.2, -0.15) is 34.0 Å². The van der Waals surface area contributed by atoms with Crippen LogP contribution >= 0.6 is 0 Å². The summed E-state index contributed by atoms with van der Waals surface area (Å²) in [4.78, 5) is 12.0. The first-order valence-corrected chi connectivity index (χ1v) is 17.5. The monoisotopic (exact) mass is 750 g/mol. The fourth-order valence-corrected chi connectivity index (χ4v) is 5.22. The van der Waals surface area contributed by atoms with Crippen LogP contribution in [-0.4, -0.2) is 36.6 Å². The minimum absolute atomic E-state index is 0.217. The van der Waals surface area contributed by atoms with Crippen molar-refractivity contribution in [3.05, 3.63) is 133 Å². The van der Waals surface area contributed by atoms with Gasteiger partial charge >= 0.3 is 10.6 Å². The van der Waals surface area contributed by atoms with Crippen molar-refractivity contribution in [3.8, 4) is 5.75 Å². The highest BCUT2D eigenvalue weighted by Crippen LogP contribution is 2.42. The molecule has 0 saturated heterocycles. The van der Waals surface area contributed by atoms with Gasteiger partial charge in [-0.25, -0.2) is 0 Å². The Labute approximate surface area is 302 Å². The van der Waals surface area contributed by atoms with E-state index in [2.05, 4.69) is 36.0 Å². The molecular weight excluding hydrogens is 725 g/mol. The number of amides is 1. The largest absolute Gasteiger partial charge is 0.505 e. The second-order valence-corrected chi connectivity index (χ2v) is 12.5. The minimum Gasteiger partial charge on any atom is -0.505 e. The van der Waals surface area contributed by atoms with E-state index >= 15 is 0 Å². The standard InChI is InChI=1S/C35H26N8O5S.O3S/c36-24-8-6-22(7-9-24)35(45)37-30-18-19-31-23(20-30)21-32(49(46,47)48)33(34(31)44)43-42-29-16-14-28(15-17-29)41-40-27-12-10-26(11-13-27)39-38-25-4-2-1-3-5-25;1-4(2)3/h1-21,44H,36H2,(H,37,45)(H,46,47,48);. The van der Waals surface area contributed by atoms with Gasteiger partial charge in [-0.3, -0.25) is 9.35 Å². The van der Waals surface area contributed by atoms with Crippen LogP contribution in [0, 0.1) is 0 Å². The third-order valence-corrected chi connectivity index (χ3v) is 7.91. The number of nitrogens with zero attached hydrogens (tertiary/aromatic N) is 6. The summed E-state index contributed by atoms with van der Waals surface area (Å²) < 4.78 is 59.9. The Balaban J connectivity index is 0.00000129. The Bertz CT molecular complexity index is 2580. The quantitative estimate of drug-likeness (QED) is 0.0624. The van der Waals surface area contributed by atoms with Gasteiger partial charge in [-0.1, -0.05) is 18.2 Å². The molecule has 6 aromatic rings. The van der Waals surface area contributed by atoms with Crippen LogP contribution in [0.2, 0.25) is 0 Å². The summed E-state index contributed by atoms with van der Waals surface area (Å²) >= 11 is 0. The van der Waals surface area contributed by atoms with E-state index in [1.54, 1.807) is 72.8 Å². The molecule has 16 nitrogen and oxygen atoms in total. The maximum Gasteiger partial charge on any atom is 0.425 e. The first kappa shape index (κ1) is 37.2. The topological polar surface area (TPSA) is 255 Å². The highest BCUT2D eigenvalue weighted by atomic mass is 32.2. The van der Waals surface area contributed by atoms with Gasteiger partial charge in [0.05, 0.1) is 28.4 Å². The van der Waals surface area contributed by atoms with E-state index in [1.165, 1.54) is 18.2 Å². The smallest absolute Gasteiger partial charge is 0.425 e. The molecule has 0 saturated carbocycles. The zero-order chi connectivity index (χ0) is 38.0. The average Bonchev–Trinajstić information content (AvgIpc) is 3.13. The van der Waals surface area contributed by atoms with Crippen LogP contribution in [-0.2, 0) is 20.7 Å². The van der Waals surface area contributed by atoms with Gasteiger partial charge in [-0.05, 0) is 115 Å². The van der Waals surface area contributed by atoms with Crippen molar-refractivity contribution in [3.63, 3.8) is 0 Å². The fourth-order valence-electron chi connectivity index (χ4n) is 4.57. The zero-order valence-electron chi connectivity index (χ0n) is 27.0. The summed E-state index contributed by atoms with van der Waals surface area (Å²) in [6.07, 6.45) is 0. The molecule has 6 aromatic carbocycles. The molecule has 18 heteroatoms. The molecule has 0 unspecified atom stereocenters. The Kier molecular flexibility index (Phi) is 11.8. The summed E-state index contributed by atoms with van der Waals surface area (Å²) in [5, 5.41) is 39.0. The van der Waals surface area contributed by atoms with Gasteiger partial charge in [0.1, 0.15) is 10.6 Å². The van der Waals surface area contributed by atoms with E-state index in [0.717, 1.165) is 11.8 Å². The number of phenols is 1. The number of aromatic hydroxyl groups is 1. The van der Waals surface area contributed by atoms with E-state index < -0.39 is 43.0 Å². The van der Waals surface area contributed by atoms with Crippen molar-refractivity contribution in [2.24, 2.45) is 30.7 Å². The number of nitrogen functional groups attached to an aromatic ring is 1. The molecule has 0 bridgehead atoms. The molecule has 266 valence electrons. The van der Waals surface area contributed by atoms with Crippen LogP contribution in [0.3, 0.4) is 0 Å². The fraction of sp³-hybridized carbons (Fsp3) is 0. The number of hydrogen-bond acceptors (Lipinski definition) is 14. The Hall–Kier alpha value is -7.02. The Morgan fingerprint density at radius 3 is 1.55 bits per heavy atom. The minimum atomic E-state index is -4.85. The number of anilines is 2. The Morgan fingerprint density at radius 1 is 0.623 bits per heavy atom. The second-order valence-electron chi connectivity index (χ2n) is 10.7. The molecule has 5 N–H and O–H groups in total. The van der Waals surface area contributed by atoms with Crippen molar-refractivity contribution in [1.29, 1.82) is 0 Å². The summed E-state index contributed by atoms with van der Waals surface area (Å²) in [6, 6.07) is 34.8. The molecule has 0 aliphatic heterocycles. The lowest BCUT2D eigenvalue weighted by Gasteiger charge is -2.11. The number of nitrogens with one attached hydrogen (secondary N) is 1. The van der Waals surface area contributed by atoms with Gasteiger partial charge < -0.3 is 16.2 Å². The zero-order valence-corrected chi connectivity index (χ0v) is 28.7. The van der Waals surface area contributed by atoms with Gasteiger partial charge in [0.2, 0.25) is 0 Å². The van der Waals surface area contributed by atoms with E-state index in [1.807, 2.05) is 30.3 Å². The second kappa shape index (κ2) is 16.8. The summed E-state index contributed by atoms with van der Waals surface area (Å²) in [5.41, 5.74) is 9.24. The van der Waals surface area contributed by atoms with E-state index in [4.69, 9.17) is 18.4 Å². The Morgan fingerprint density at radius 2 is 1.08 bits per heavy atom. The predicted molar refractivity (Wildman–Crippen MR) is 196 cm³/mol. The average molecular weight is 751 g/mol. The van der Waals surface area contributed by atoms with Crippen LogP contribution in [0.5, 0.6) is 5.75 Å².